The standard InChI is InChI=1S/C23H37N7O.HI/c1-6-30-13-9-11-20(30)15-25-23(26-16-22-28-27-19(4)29(22)5)24-14-18(3)31-21-12-8-7-10-17(21)2;/h7-8,10,12,18,20H,6,9,11,13-16H2,1-5H3,(H2,24,25,26);1H. The molecule has 2 atom stereocenters. The van der Waals surface area contributed by atoms with E-state index in [2.05, 4.69) is 52.6 Å². The van der Waals surface area contributed by atoms with Gasteiger partial charge in [-0.25, -0.2) is 4.99 Å². The molecule has 9 heteroatoms. The third kappa shape index (κ3) is 7.33. The third-order valence-corrected chi connectivity index (χ3v) is 5.95. The predicted molar refractivity (Wildman–Crippen MR) is 140 cm³/mol. The smallest absolute Gasteiger partial charge is 0.191 e. The van der Waals surface area contributed by atoms with Crippen LogP contribution in [0.1, 0.15) is 43.9 Å². The molecule has 0 radical (unpaired) electrons. The van der Waals surface area contributed by atoms with Gasteiger partial charge in [-0.15, -0.1) is 34.2 Å². The lowest BCUT2D eigenvalue weighted by atomic mass is 10.2. The zero-order valence-electron chi connectivity index (χ0n) is 20.0. The highest BCUT2D eigenvalue weighted by Gasteiger charge is 2.23. The fourth-order valence-corrected chi connectivity index (χ4v) is 3.86. The number of nitrogens with one attached hydrogen (secondary N) is 2. The van der Waals surface area contributed by atoms with Crippen LogP contribution in [-0.2, 0) is 13.6 Å². The van der Waals surface area contributed by atoms with Gasteiger partial charge in [0.15, 0.2) is 11.8 Å². The number of likely N-dealkylation sites (tertiary alicyclic amines) is 1. The van der Waals surface area contributed by atoms with Crippen molar-refractivity contribution in [1.82, 2.24) is 30.3 Å². The molecule has 1 fully saturated rings. The highest BCUT2D eigenvalue weighted by Crippen LogP contribution is 2.18. The summed E-state index contributed by atoms with van der Waals surface area (Å²) in [6, 6.07) is 8.65. The molecule has 178 valence electrons. The molecule has 2 heterocycles. The highest BCUT2D eigenvalue weighted by molar-refractivity contribution is 14.0. The number of benzene rings is 1. The van der Waals surface area contributed by atoms with Crippen molar-refractivity contribution >= 4 is 29.9 Å². The van der Waals surface area contributed by atoms with Gasteiger partial charge in [0.1, 0.15) is 24.2 Å². The normalized spacial score (nSPS) is 17.7. The molecule has 32 heavy (non-hydrogen) atoms. The topological polar surface area (TPSA) is 79.6 Å². The summed E-state index contributed by atoms with van der Waals surface area (Å²) < 4.78 is 8.09. The molecule has 1 saturated heterocycles. The summed E-state index contributed by atoms with van der Waals surface area (Å²) in [5.41, 5.74) is 1.14. The van der Waals surface area contributed by atoms with Crippen LogP contribution in [0, 0.1) is 13.8 Å². The van der Waals surface area contributed by atoms with Gasteiger partial charge in [-0.2, -0.15) is 0 Å². The Bertz CT molecular complexity index is 870. The second kappa shape index (κ2) is 13.0. The average Bonchev–Trinajstić information content (AvgIpc) is 3.35. The molecule has 0 aliphatic carbocycles. The van der Waals surface area contributed by atoms with Crippen LogP contribution in [0.3, 0.4) is 0 Å². The molecule has 1 aromatic carbocycles. The van der Waals surface area contributed by atoms with Crippen molar-refractivity contribution in [3.05, 3.63) is 41.5 Å². The molecule has 1 aliphatic rings. The van der Waals surface area contributed by atoms with Gasteiger partial charge in [0.25, 0.3) is 0 Å². The number of hydrogen-bond acceptors (Lipinski definition) is 5. The quantitative estimate of drug-likeness (QED) is 0.282. The van der Waals surface area contributed by atoms with E-state index in [0.29, 0.717) is 19.1 Å². The minimum atomic E-state index is 0. The number of aliphatic imine (C=N–C) groups is 1. The molecule has 0 bridgehead atoms. The molecule has 0 spiro atoms. The lowest BCUT2D eigenvalue weighted by Crippen LogP contribution is -2.46. The average molecular weight is 556 g/mol. The Morgan fingerprint density at radius 3 is 2.72 bits per heavy atom. The van der Waals surface area contributed by atoms with Gasteiger partial charge in [0, 0.05) is 19.6 Å². The van der Waals surface area contributed by atoms with Crippen molar-refractivity contribution in [3.8, 4) is 5.75 Å². The molecular formula is C23H38IN7O. The van der Waals surface area contributed by atoms with Crippen molar-refractivity contribution < 1.29 is 4.74 Å². The number of halogens is 1. The summed E-state index contributed by atoms with van der Waals surface area (Å²) in [7, 11) is 1.97. The van der Waals surface area contributed by atoms with Crippen LogP contribution in [0.5, 0.6) is 5.75 Å². The Balaban J connectivity index is 0.00000363. The van der Waals surface area contributed by atoms with Gasteiger partial charge < -0.3 is 19.9 Å². The minimum absolute atomic E-state index is 0. The Kier molecular flexibility index (Phi) is 10.7. The van der Waals surface area contributed by atoms with Gasteiger partial charge in [0.05, 0.1) is 6.54 Å². The number of rotatable bonds is 9. The first kappa shape index (κ1) is 26.4. The van der Waals surface area contributed by atoms with E-state index in [-0.39, 0.29) is 30.1 Å². The fraction of sp³-hybridized carbons (Fsp3) is 0.609. The Labute approximate surface area is 209 Å². The molecule has 1 aliphatic heterocycles. The molecule has 2 N–H and O–H groups in total. The van der Waals surface area contributed by atoms with E-state index in [0.717, 1.165) is 42.0 Å². The van der Waals surface area contributed by atoms with Crippen LogP contribution < -0.4 is 15.4 Å². The molecule has 1 aromatic heterocycles. The minimum Gasteiger partial charge on any atom is -0.489 e. The molecular weight excluding hydrogens is 517 g/mol. The predicted octanol–water partition coefficient (Wildman–Crippen LogP) is 3.04. The van der Waals surface area contributed by atoms with Crippen molar-refractivity contribution in [1.29, 1.82) is 0 Å². The summed E-state index contributed by atoms with van der Waals surface area (Å²) in [5.74, 6) is 3.43. The lowest BCUT2D eigenvalue weighted by Gasteiger charge is -2.24. The lowest BCUT2D eigenvalue weighted by molar-refractivity contribution is 0.222. The van der Waals surface area contributed by atoms with Crippen LogP contribution in [-0.4, -0.2) is 63.9 Å². The van der Waals surface area contributed by atoms with E-state index in [1.807, 2.05) is 36.7 Å². The number of guanidine groups is 1. The summed E-state index contributed by atoms with van der Waals surface area (Å²) in [5, 5.41) is 15.3. The number of nitrogens with zero attached hydrogens (tertiary/aromatic N) is 5. The molecule has 8 nitrogen and oxygen atoms in total. The fourth-order valence-electron chi connectivity index (χ4n) is 3.86. The molecule has 2 aromatic rings. The van der Waals surface area contributed by atoms with Gasteiger partial charge >= 0.3 is 0 Å². The number of hydrogen-bond donors (Lipinski definition) is 2. The van der Waals surface area contributed by atoms with Gasteiger partial charge in [-0.1, -0.05) is 25.1 Å². The zero-order valence-corrected chi connectivity index (χ0v) is 22.3. The molecule has 3 rings (SSSR count). The third-order valence-electron chi connectivity index (χ3n) is 5.95. The molecule has 0 saturated carbocycles. The first-order chi connectivity index (χ1) is 15.0. The van der Waals surface area contributed by atoms with Gasteiger partial charge in [-0.3, -0.25) is 4.90 Å². The van der Waals surface area contributed by atoms with E-state index < -0.39 is 0 Å². The number of aryl methyl sites for hydroxylation is 2. The van der Waals surface area contributed by atoms with E-state index in [4.69, 9.17) is 9.73 Å². The van der Waals surface area contributed by atoms with E-state index in [1.54, 1.807) is 0 Å². The van der Waals surface area contributed by atoms with E-state index in [9.17, 15) is 0 Å². The summed E-state index contributed by atoms with van der Waals surface area (Å²) in [6.07, 6.45) is 2.49. The van der Waals surface area contributed by atoms with Gasteiger partial charge in [0.2, 0.25) is 0 Å². The molecule has 2 unspecified atom stereocenters. The summed E-state index contributed by atoms with van der Waals surface area (Å²) in [4.78, 5) is 7.30. The second-order valence-corrected chi connectivity index (χ2v) is 8.27. The van der Waals surface area contributed by atoms with E-state index >= 15 is 0 Å². The van der Waals surface area contributed by atoms with Crippen molar-refractivity contribution in [2.24, 2.45) is 12.0 Å². The monoisotopic (exact) mass is 555 g/mol. The maximum absolute atomic E-state index is 6.11. The largest absolute Gasteiger partial charge is 0.489 e. The number of ether oxygens (including phenoxy) is 1. The first-order valence-corrected chi connectivity index (χ1v) is 11.3. The summed E-state index contributed by atoms with van der Waals surface area (Å²) >= 11 is 0. The van der Waals surface area contributed by atoms with Gasteiger partial charge in [-0.05, 0) is 58.3 Å². The maximum atomic E-state index is 6.11. The number of para-hydroxylation sites is 1. The molecule has 0 amide bonds. The first-order valence-electron chi connectivity index (χ1n) is 11.3. The Morgan fingerprint density at radius 1 is 1.25 bits per heavy atom. The van der Waals surface area contributed by atoms with Crippen LogP contribution >= 0.6 is 24.0 Å². The van der Waals surface area contributed by atoms with E-state index in [1.165, 1.54) is 19.4 Å². The number of likely N-dealkylation sites (N-methyl/N-ethyl adjacent to an activating group) is 1. The zero-order chi connectivity index (χ0) is 22.2. The SMILES string of the molecule is CCN1CCCC1CNC(=NCc1nnc(C)n1C)NCC(C)Oc1ccccc1C.I. The summed E-state index contributed by atoms with van der Waals surface area (Å²) in [6.45, 7) is 12.6. The van der Waals surface area contributed by atoms with Crippen LogP contribution in [0.15, 0.2) is 29.3 Å². The van der Waals surface area contributed by atoms with Crippen molar-refractivity contribution in [2.75, 3.05) is 26.2 Å². The number of aromatic nitrogens is 3. The maximum Gasteiger partial charge on any atom is 0.191 e. The van der Waals surface area contributed by atoms with Crippen molar-refractivity contribution in [3.63, 3.8) is 0 Å². The Morgan fingerprint density at radius 2 is 2.03 bits per heavy atom. The second-order valence-electron chi connectivity index (χ2n) is 8.27. The van der Waals surface area contributed by atoms with Crippen LogP contribution in [0.2, 0.25) is 0 Å². The van der Waals surface area contributed by atoms with Crippen LogP contribution in [0.4, 0.5) is 0 Å². The van der Waals surface area contributed by atoms with Crippen LogP contribution in [0.25, 0.3) is 0 Å². The highest BCUT2D eigenvalue weighted by atomic mass is 127. The Hall–Kier alpha value is -1.88. The van der Waals surface area contributed by atoms with Crippen molar-refractivity contribution in [2.45, 2.75) is 59.2 Å².